The van der Waals surface area contributed by atoms with Crippen LogP contribution in [0.4, 0.5) is 13.2 Å². The predicted molar refractivity (Wildman–Crippen MR) is 85.2 cm³/mol. The van der Waals surface area contributed by atoms with Gasteiger partial charge in [-0.1, -0.05) is 18.2 Å². The maximum absolute atomic E-state index is 12.8. The Hall–Kier alpha value is -1.56. The van der Waals surface area contributed by atoms with E-state index >= 15 is 0 Å². The standard InChI is InChI=1S/C18H23F3N2O/c1-22(17(24)14-7-8-14)16-6-3-9-23(12-16)11-13-4-2-5-15(10-13)18(19,20)21/h2,4-5,10,14,16H,3,6-9,11-12H2,1H3. The summed E-state index contributed by atoms with van der Waals surface area (Å²) in [5.41, 5.74) is 0.0660. The average Bonchev–Trinajstić information content (AvgIpc) is 3.38. The van der Waals surface area contributed by atoms with E-state index in [4.69, 9.17) is 0 Å². The van der Waals surface area contributed by atoms with Gasteiger partial charge in [0, 0.05) is 32.1 Å². The monoisotopic (exact) mass is 340 g/mol. The average molecular weight is 340 g/mol. The summed E-state index contributed by atoms with van der Waals surface area (Å²) in [5.74, 6) is 0.426. The normalized spacial score (nSPS) is 22.4. The lowest BCUT2D eigenvalue weighted by Gasteiger charge is -2.38. The molecular weight excluding hydrogens is 317 g/mol. The second-order valence-electron chi connectivity index (χ2n) is 6.95. The highest BCUT2D eigenvalue weighted by molar-refractivity contribution is 5.81. The van der Waals surface area contributed by atoms with Gasteiger partial charge in [-0.2, -0.15) is 13.2 Å². The molecule has 1 amide bonds. The number of rotatable bonds is 4. The van der Waals surface area contributed by atoms with E-state index in [9.17, 15) is 18.0 Å². The highest BCUT2D eigenvalue weighted by Crippen LogP contribution is 2.32. The number of carbonyl (C=O) groups excluding carboxylic acids is 1. The fourth-order valence-electron chi connectivity index (χ4n) is 3.39. The van der Waals surface area contributed by atoms with Crippen molar-refractivity contribution in [1.82, 2.24) is 9.80 Å². The van der Waals surface area contributed by atoms with Crippen molar-refractivity contribution in [3.63, 3.8) is 0 Å². The zero-order valence-electron chi connectivity index (χ0n) is 13.9. The van der Waals surface area contributed by atoms with Crippen LogP contribution in [0.3, 0.4) is 0 Å². The van der Waals surface area contributed by atoms with Gasteiger partial charge in [-0.05, 0) is 43.9 Å². The van der Waals surface area contributed by atoms with E-state index in [1.54, 1.807) is 6.07 Å². The van der Waals surface area contributed by atoms with E-state index in [1.807, 2.05) is 11.9 Å². The van der Waals surface area contributed by atoms with E-state index in [0.717, 1.165) is 44.8 Å². The Morgan fingerprint density at radius 1 is 1.29 bits per heavy atom. The zero-order chi connectivity index (χ0) is 17.3. The molecule has 1 heterocycles. The van der Waals surface area contributed by atoms with Crippen molar-refractivity contribution in [3.8, 4) is 0 Å². The fraction of sp³-hybridized carbons (Fsp3) is 0.611. The largest absolute Gasteiger partial charge is 0.416 e. The van der Waals surface area contributed by atoms with E-state index in [0.29, 0.717) is 12.1 Å². The van der Waals surface area contributed by atoms with Gasteiger partial charge in [0.15, 0.2) is 0 Å². The van der Waals surface area contributed by atoms with Crippen molar-refractivity contribution in [2.24, 2.45) is 5.92 Å². The molecule has 1 aromatic carbocycles. The van der Waals surface area contributed by atoms with Crippen LogP contribution in [-0.2, 0) is 17.5 Å². The van der Waals surface area contributed by atoms with Crippen LogP contribution >= 0.6 is 0 Å². The smallest absolute Gasteiger partial charge is 0.341 e. The molecule has 1 aliphatic heterocycles. The van der Waals surface area contributed by atoms with Gasteiger partial charge < -0.3 is 4.90 Å². The Kier molecular flexibility index (Phi) is 4.85. The van der Waals surface area contributed by atoms with Crippen molar-refractivity contribution in [2.75, 3.05) is 20.1 Å². The summed E-state index contributed by atoms with van der Waals surface area (Å²) < 4.78 is 38.5. The quantitative estimate of drug-likeness (QED) is 0.837. The molecule has 1 saturated heterocycles. The van der Waals surface area contributed by atoms with Crippen LogP contribution < -0.4 is 0 Å². The van der Waals surface area contributed by atoms with Crippen molar-refractivity contribution in [2.45, 2.75) is 44.4 Å². The highest BCUT2D eigenvalue weighted by atomic mass is 19.4. The Labute approximate surface area is 140 Å². The maximum atomic E-state index is 12.8. The van der Waals surface area contributed by atoms with E-state index < -0.39 is 11.7 Å². The lowest BCUT2D eigenvalue weighted by molar-refractivity contribution is -0.138. The zero-order valence-corrected chi connectivity index (χ0v) is 13.9. The van der Waals surface area contributed by atoms with Crippen molar-refractivity contribution >= 4 is 5.91 Å². The van der Waals surface area contributed by atoms with E-state index in [2.05, 4.69) is 4.90 Å². The number of likely N-dealkylation sites (N-methyl/N-ethyl adjacent to an activating group) is 1. The molecular formula is C18H23F3N2O. The number of piperidine rings is 1. The number of likely N-dealkylation sites (tertiary alicyclic amines) is 1. The van der Waals surface area contributed by atoms with Gasteiger partial charge in [0.2, 0.25) is 5.91 Å². The summed E-state index contributed by atoms with van der Waals surface area (Å²) >= 11 is 0. The summed E-state index contributed by atoms with van der Waals surface area (Å²) in [5, 5.41) is 0. The topological polar surface area (TPSA) is 23.6 Å². The van der Waals surface area contributed by atoms with Crippen molar-refractivity contribution in [1.29, 1.82) is 0 Å². The van der Waals surface area contributed by atoms with Crippen LogP contribution in [0.1, 0.15) is 36.8 Å². The summed E-state index contributed by atoms with van der Waals surface area (Å²) in [6, 6.07) is 5.69. The fourth-order valence-corrected chi connectivity index (χ4v) is 3.39. The van der Waals surface area contributed by atoms with Crippen molar-refractivity contribution in [3.05, 3.63) is 35.4 Å². The minimum absolute atomic E-state index is 0.164. The van der Waals surface area contributed by atoms with Gasteiger partial charge in [0.25, 0.3) is 0 Å². The number of alkyl halides is 3. The summed E-state index contributed by atoms with van der Waals surface area (Å²) in [7, 11) is 1.86. The first kappa shape index (κ1) is 17.3. The molecule has 1 atom stereocenters. The molecule has 24 heavy (non-hydrogen) atoms. The lowest BCUT2D eigenvalue weighted by atomic mass is 10.0. The van der Waals surface area contributed by atoms with Crippen LogP contribution in [0.25, 0.3) is 0 Å². The maximum Gasteiger partial charge on any atom is 0.416 e. The molecule has 2 fully saturated rings. The second kappa shape index (κ2) is 6.75. The van der Waals surface area contributed by atoms with Gasteiger partial charge in [-0.3, -0.25) is 9.69 Å². The first-order valence-electron chi connectivity index (χ1n) is 8.50. The molecule has 0 spiro atoms. The predicted octanol–water partition coefficient (Wildman–Crippen LogP) is 3.54. The molecule has 2 aliphatic rings. The summed E-state index contributed by atoms with van der Waals surface area (Å²) in [6.45, 7) is 2.08. The molecule has 3 rings (SSSR count). The van der Waals surface area contributed by atoms with Gasteiger partial charge >= 0.3 is 6.18 Å². The molecule has 1 aromatic rings. The molecule has 6 heteroatoms. The first-order chi connectivity index (χ1) is 11.3. The van der Waals surface area contributed by atoms with E-state index in [1.165, 1.54) is 12.1 Å². The van der Waals surface area contributed by atoms with Crippen molar-refractivity contribution < 1.29 is 18.0 Å². The molecule has 0 radical (unpaired) electrons. The van der Waals surface area contributed by atoms with Crippen LogP contribution in [0.15, 0.2) is 24.3 Å². The lowest BCUT2D eigenvalue weighted by Crippen LogP contribution is -2.48. The Bertz CT molecular complexity index is 598. The molecule has 1 unspecified atom stereocenters. The summed E-state index contributed by atoms with van der Waals surface area (Å²) in [6.07, 6.45) is -0.398. The SMILES string of the molecule is CN(C(=O)C1CC1)C1CCCN(Cc2cccc(C(F)(F)F)c2)C1. The van der Waals surface area contributed by atoms with Gasteiger partial charge in [0.05, 0.1) is 5.56 Å². The molecule has 1 saturated carbocycles. The Morgan fingerprint density at radius 2 is 2.04 bits per heavy atom. The van der Waals surface area contributed by atoms with Gasteiger partial charge in [-0.25, -0.2) is 0 Å². The third-order valence-electron chi connectivity index (χ3n) is 4.96. The number of benzene rings is 1. The van der Waals surface area contributed by atoms with Crippen LogP contribution in [-0.4, -0.2) is 41.9 Å². The number of carbonyl (C=O) groups is 1. The minimum atomic E-state index is -4.31. The highest BCUT2D eigenvalue weighted by Gasteiger charge is 2.36. The van der Waals surface area contributed by atoms with Gasteiger partial charge in [-0.15, -0.1) is 0 Å². The van der Waals surface area contributed by atoms with Gasteiger partial charge in [0.1, 0.15) is 0 Å². The number of nitrogens with zero attached hydrogens (tertiary/aromatic N) is 2. The molecule has 3 nitrogen and oxygen atoms in total. The number of halogens is 3. The van der Waals surface area contributed by atoms with Crippen LogP contribution in [0, 0.1) is 5.92 Å². The Morgan fingerprint density at radius 3 is 2.71 bits per heavy atom. The minimum Gasteiger partial charge on any atom is -0.341 e. The van der Waals surface area contributed by atoms with E-state index in [-0.39, 0.29) is 17.9 Å². The number of amides is 1. The first-order valence-corrected chi connectivity index (χ1v) is 8.50. The summed E-state index contributed by atoms with van der Waals surface area (Å²) in [4.78, 5) is 16.2. The molecule has 0 bridgehead atoms. The molecule has 0 aromatic heterocycles. The molecule has 0 N–H and O–H groups in total. The third-order valence-corrected chi connectivity index (χ3v) is 4.96. The van der Waals surface area contributed by atoms with Crippen LogP contribution in [0.5, 0.6) is 0 Å². The number of hydrogen-bond acceptors (Lipinski definition) is 2. The van der Waals surface area contributed by atoms with Crippen LogP contribution in [0.2, 0.25) is 0 Å². The second-order valence-corrected chi connectivity index (χ2v) is 6.95. The Balaban J connectivity index is 1.62. The number of hydrogen-bond donors (Lipinski definition) is 0. The third kappa shape index (κ3) is 4.09. The molecule has 1 aliphatic carbocycles. The molecule has 132 valence electrons.